The molecule has 1 N–H and O–H groups in total. The van der Waals surface area contributed by atoms with Crippen molar-refractivity contribution in [3.8, 4) is 6.07 Å². The maximum Gasteiger partial charge on any atom is 0.242 e. The summed E-state index contributed by atoms with van der Waals surface area (Å²) in [5.41, 5.74) is 1.37. The van der Waals surface area contributed by atoms with Crippen molar-refractivity contribution in [2.24, 2.45) is 0 Å². The summed E-state index contributed by atoms with van der Waals surface area (Å²) in [7, 11) is -3.93. The molecule has 1 aromatic carbocycles. The summed E-state index contributed by atoms with van der Waals surface area (Å²) < 4.78 is 40.1. The van der Waals surface area contributed by atoms with Crippen molar-refractivity contribution >= 4 is 21.4 Å². The number of sulfonamides is 1. The molecule has 0 aliphatic carbocycles. The Morgan fingerprint density at radius 1 is 1.40 bits per heavy atom. The number of rotatable bonds is 4. The second-order valence-corrected chi connectivity index (χ2v) is 6.61. The molecule has 4 nitrogen and oxygen atoms in total. The van der Waals surface area contributed by atoms with Crippen LogP contribution in [0.3, 0.4) is 0 Å². The molecule has 7 heteroatoms. The van der Waals surface area contributed by atoms with E-state index >= 15 is 0 Å². The van der Waals surface area contributed by atoms with Gasteiger partial charge in [0.05, 0.1) is 0 Å². The van der Waals surface area contributed by atoms with Crippen molar-refractivity contribution in [3.05, 3.63) is 51.5 Å². The molecule has 0 saturated heterocycles. The Kier molecular flexibility index (Phi) is 4.18. The van der Waals surface area contributed by atoms with Crippen LogP contribution in [0.5, 0.6) is 0 Å². The third kappa shape index (κ3) is 2.88. The summed E-state index contributed by atoms with van der Waals surface area (Å²) in [6, 6.07) is 5.12. The molecule has 1 heterocycles. The van der Waals surface area contributed by atoms with Gasteiger partial charge in [-0.15, -0.1) is 0 Å². The molecule has 0 spiro atoms. The molecule has 1 aromatic heterocycles. The average molecular weight is 310 g/mol. The lowest BCUT2D eigenvalue weighted by molar-refractivity contribution is 0.576. The Hall–Kier alpha value is -1.75. The zero-order valence-electron chi connectivity index (χ0n) is 10.6. The molecule has 0 fully saturated rings. The highest BCUT2D eigenvalue weighted by Gasteiger charge is 2.21. The highest BCUT2D eigenvalue weighted by Crippen LogP contribution is 2.19. The van der Waals surface area contributed by atoms with Gasteiger partial charge in [-0.05, 0) is 40.9 Å². The third-order valence-electron chi connectivity index (χ3n) is 2.79. The van der Waals surface area contributed by atoms with Gasteiger partial charge in [-0.3, -0.25) is 0 Å². The molecule has 2 rings (SSSR count). The summed E-state index contributed by atoms with van der Waals surface area (Å²) in [5.74, 6) is -0.845. The van der Waals surface area contributed by atoms with Crippen LogP contribution < -0.4 is 4.72 Å². The summed E-state index contributed by atoms with van der Waals surface area (Å²) in [6.07, 6.45) is 0. The third-order valence-corrected chi connectivity index (χ3v) is 5.14. The molecular formula is C13H11FN2O2S2. The van der Waals surface area contributed by atoms with E-state index in [0.29, 0.717) is 0 Å². The Morgan fingerprint density at radius 2 is 2.15 bits per heavy atom. The van der Waals surface area contributed by atoms with E-state index in [0.717, 1.165) is 17.2 Å². The van der Waals surface area contributed by atoms with Gasteiger partial charge in [0.15, 0.2) is 0 Å². The molecular weight excluding hydrogens is 299 g/mol. The molecule has 0 radical (unpaired) electrons. The van der Waals surface area contributed by atoms with Crippen LogP contribution >= 0.6 is 11.3 Å². The Bertz CT molecular complexity index is 776. The summed E-state index contributed by atoms with van der Waals surface area (Å²) in [4.78, 5) is -0.340. The number of nitriles is 1. The van der Waals surface area contributed by atoms with Crippen molar-refractivity contribution in [1.29, 1.82) is 5.26 Å². The van der Waals surface area contributed by atoms with Crippen LogP contribution in [0.2, 0.25) is 0 Å². The van der Waals surface area contributed by atoms with Crippen LogP contribution in [0.1, 0.15) is 16.7 Å². The molecule has 20 heavy (non-hydrogen) atoms. The maximum absolute atomic E-state index is 13.4. The number of thiophene rings is 1. The number of halogens is 1. The van der Waals surface area contributed by atoms with Crippen LogP contribution in [0, 0.1) is 24.1 Å². The van der Waals surface area contributed by atoms with Crippen molar-refractivity contribution in [3.63, 3.8) is 0 Å². The Labute approximate surface area is 120 Å². The minimum Gasteiger partial charge on any atom is -0.207 e. The van der Waals surface area contributed by atoms with Crippen molar-refractivity contribution in [1.82, 2.24) is 4.72 Å². The number of nitrogens with zero attached hydrogens (tertiary/aromatic N) is 1. The van der Waals surface area contributed by atoms with Crippen molar-refractivity contribution in [2.75, 3.05) is 0 Å². The zero-order chi connectivity index (χ0) is 14.8. The second-order valence-electron chi connectivity index (χ2n) is 4.13. The number of hydrogen-bond donors (Lipinski definition) is 1. The predicted molar refractivity (Wildman–Crippen MR) is 74.2 cm³/mol. The first kappa shape index (κ1) is 14.7. The van der Waals surface area contributed by atoms with E-state index < -0.39 is 21.4 Å². The van der Waals surface area contributed by atoms with E-state index in [1.54, 1.807) is 6.07 Å². The van der Waals surface area contributed by atoms with E-state index in [-0.39, 0.29) is 11.4 Å². The largest absolute Gasteiger partial charge is 0.242 e. The molecule has 0 atom stereocenters. The molecule has 0 amide bonds. The fraction of sp³-hybridized carbons (Fsp3) is 0.154. The van der Waals surface area contributed by atoms with Crippen LogP contribution in [0.15, 0.2) is 33.9 Å². The topological polar surface area (TPSA) is 70.0 Å². The van der Waals surface area contributed by atoms with Gasteiger partial charge in [0.1, 0.15) is 22.3 Å². The van der Waals surface area contributed by atoms with Crippen molar-refractivity contribution in [2.45, 2.75) is 18.4 Å². The lowest BCUT2D eigenvalue weighted by atomic mass is 10.2. The zero-order valence-corrected chi connectivity index (χ0v) is 12.2. The molecule has 2 aromatic rings. The standard InChI is InChI=1S/C13H11FN2O2S2/c1-9-7-19-8-10(9)6-16-20(17,18)13-4-2-3-12(14)11(13)5-15/h2-4,7-8,16H,6H2,1H3. The van der Waals surface area contributed by atoms with Gasteiger partial charge >= 0.3 is 0 Å². The number of benzene rings is 1. The van der Waals surface area contributed by atoms with Crippen molar-refractivity contribution < 1.29 is 12.8 Å². The fourth-order valence-electron chi connectivity index (χ4n) is 1.66. The van der Waals surface area contributed by atoms with Gasteiger partial charge in [-0.1, -0.05) is 6.07 Å². The van der Waals surface area contributed by atoms with Crippen LogP contribution in [0.4, 0.5) is 4.39 Å². The highest BCUT2D eigenvalue weighted by molar-refractivity contribution is 7.89. The number of nitrogens with one attached hydrogen (secondary N) is 1. The monoisotopic (exact) mass is 310 g/mol. The van der Waals surface area contributed by atoms with Crippen LogP contribution in [-0.4, -0.2) is 8.42 Å². The molecule has 0 aliphatic rings. The normalized spacial score (nSPS) is 11.2. The molecule has 0 bridgehead atoms. The van der Waals surface area contributed by atoms with E-state index in [2.05, 4.69) is 4.72 Å². The lowest BCUT2D eigenvalue weighted by Gasteiger charge is -2.08. The quantitative estimate of drug-likeness (QED) is 0.943. The minimum absolute atomic E-state index is 0.110. The first-order chi connectivity index (χ1) is 9.45. The predicted octanol–water partition coefficient (Wildman–Crippen LogP) is 2.55. The molecule has 0 saturated carbocycles. The van der Waals surface area contributed by atoms with Gasteiger partial charge in [-0.25, -0.2) is 17.5 Å². The minimum atomic E-state index is -3.93. The van der Waals surface area contributed by atoms with Gasteiger partial charge in [0, 0.05) is 6.54 Å². The molecule has 104 valence electrons. The smallest absolute Gasteiger partial charge is 0.207 e. The SMILES string of the molecule is Cc1cscc1CNS(=O)(=O)c1cccc(F)c1C#N. The van der Waals surface area contributed by atoms with E-state index in [1.165, 1.54) is 23.5 Å². The number of aryl methyl sites for hydroxylation is 1. The van der Waals surface area contributed by atoms with Gasteiger partial charge in [0.2, 0.25) is 10.0 Å². The highest BCUT2D eigenvalue weighted by atomic mass is 32.2. The lowest BCUT2D eigenvalue weighted by Crippen LogP contribution is -2.24. The number of hydrogen-bond acceptors (Lipinski definition) is 4. The Balaban J connectivity index is 2.30. The van der Waals surface area contributed by atoms with Gasteiger partial charge in [0.25, 0.3) is 0 Å². The molecule has 0 unspecified atom stereocenters. The van der Waals surface area contributed by atoms with E-state index in [9.17, 15) is 12.8 Å². The molecule has 0 aliphatic heterocycles. The van der Waals surface area contributed by atoms with Crippen LogP contribution in [0.25, 0.3) is 0 Å². The Morgan fingerprint density at radius 3 is 2.75 bits per heavy atom. The van der Waals surface area contributed by atoms with Gasteiger partial charge < -0.3 is 0 Å². The summed E-state index contributed by atoms with van der Waals surface area (Å²) >= 11 is 1.48. The van der Waals surface area contributed by atoms with E-state index in [4.69, 9.17) is 5.26 Å². The van der Waals surface area contributed by atoms with Gasteiger partial charge in [-0.2, -0.15) is 16.6 Å². The van der Waals surface area contributed by atoms with E-state index in [1.807, 2.05) is 17.7 Å². The average Bonchev–Trinajstić information content (AvgIpc) is 2.82. The van der Waals surface area contributed by atoms with Crippen LogP contribution in [-0.2, 0) is 16.6 Å². The first-order valence-electron chi connectivity index (χ1n) is 5.65. The first-order valence-corrected chi connectivity index (χ1v) is 8.08. The summed E-state index contributed by atoms with van der Waals surface area (Å²) in [6.45, 7) is 1.99. The second kappa shape index (κ2) is 5.71. The summed E-state index contributed by atoms with van der Waals surface area (Å²) in [5, 5.41) is 12.6. The fourth-order valence-corrected chi connectivity index (χ4v) is 3.68. The maximum atomic E-state index is 13.4.